The monoisotopic (exact) mass is 243 g/mol. The molecule has 4 nitrogen and oxygen atoms in total. The molecule has 0 bridgehead atoms. The second-order valence-electron chi connectivity index (χ2n) is 4.47. The van der Waals surface area contributed by atoms with Gasteiger partial charge in [-0.3, -0.25) is 0 Å². The summed E-state index contributed by atoms with van der Waals surface area (Å²) in [7, 11) is 1.72. The molecule has 0 unspecified atom stereocenters. The molecule has 0 fully saturated rings. The van der Waals surface area contributed by atoms with Crippen LogP contribution in [0.3, 0.4) is 0 Å². The Balaban J connectivity index is 2.44. The van der Waals surface area contributed by atoms with E-state index in [9.17, 15) is 0 Å². The first kappa shape index (κ1) is 13.2. The van der Waals surface area contributed by atoms with Gasteiger partial charge in [0.1, 0.15) is 5.82 Å². The minimum absolute atomic E-state index is 0.160. The number of aromatic nitrogens is 2. The van der Waals surface area contributed by atoms with Crippen LogP contribution in [-0.2, 0) is 4.74 Å². The number of hydrogen-bond acceptors (Lipinski definition) is 4. The van der Waals surface area contributed by atoms with Gasteiger partial charge in [0.15, 0.2) is 0 Å². The van der Waals surface area contributed by atoms with Crippen molar-refractivity contribution in [1.82, 2.24) is 9.97 Å². The lowest BCUT2D eigenvalue weighted by atomic mass is 9.90. The molecule has 5 heteroatoms. The number of hydrogen-bond donors (Lipinski definition) is 1. The molecule has 0 saturated heterocycles. The van der Waals surface area contributed by atoms with E-state index in [1.165, 1.54) is 0 Å². The van der Waals surface area contributed by atoms with Gasteiger partial charge in [0.2, 0.25) is 5.28 Å². The molecular formula is C11H18ClN3O. The quantitative estimate of drug-likeness (QED) is 0.781. The van der Waals surface area contributed by atoms with Gasteiger partial charge in [0, 0.05) is 26.5 Å². The molecular weight excluding hydrogens is 226 g/mol. The largest absolute Gasteiger partial charge is 0.385 e. The molecule has 1 heterocycles. The average Bonchev–Trinajstić information content (AvgIpc) is 2.24. The summed E-state index contributed by atoms with van der Waals surface area (Å²) in [6.45, 7) is 5.95. The molecule has 1 aromatic rings. The molecule has 0 aliphatic heterocycles. The van der Waals surface area contributed by atoms with E-state index in [0.717, 1.165) is 25.4 Å². The first-order valence-corrected chi connectivity index (χ1v) is 5.63. The zero-order valence-electron chi connectivity index (χ0n) is 9.96. The molecule has 0 aliphatic carbocycles. The highest BCUT2D eigenvalue weighted by Gasteiger charge is 2.17. The van der Waals surface area contributed by atoms with Crippen molar-refractivity contribution in [2.75, 3.05) is 25.6 Å². The van der Waals surface area contributed by atoms with Crippen LogP contribution in [-0.4, -0.2) is 30.2 Å². The molecule has 0 saturated carbocycles. The second-order valence-corrected chi connectivity index (χ2v) is 4.81. The third kappa shape index (κ3) is 4.77. The predicted molar refractivity (Wildman–Crippen MR) is 65.8 cm³/mol. The Kier molecular flexibility index (Phi) is 4.96. The maximum atomic E-state index is 5.70. The first-order chi connectivity index (χ1) is 7.53. The van der Waals surface area contributed by atoms with Crippen LogP contribution < -0.4 is 5.32 Å². The number of halogens is 1. The summed E-state index contributed by atoms with van der Waals surface area (Å²) in [6, 6.07) is 1.80. The Hall–Kier alpha value is -0.870. The maximum Gasteiger partial charge on any atom is 0.224 e. The molecule has 1 aromatic heterocycles. The standard InChI is InChI=1S/C11H18ClN3O/c1-11(2,5-7-16-3)8-14-9-4-6-13-10(12)15-9/h4,6H,5,7-8H2,1-3H3,(H,13,14,15). The van der Waals surface area contributed by atoms with E-state index in [0.29, 0.717) is 0 Å². The van der Waals surface area contributed by atoms with Crippen LogP contribution in [0.1, 0.15) is 20.3 Å². The van der Waals surface area contributed by atoms with Gasteiger partial charge in [0.25, 0.3) is 0 Å². The zero-order valence-corrected chi connectivity index (χ0v) is 10.7. The highest BCUT2D eigenvalue weighted by atomic mass is 35.5. The van der Waals surface area contributed by atoms with Crippen molar-refractivity contribution in [3.8, 4) is 0 Å². The Bertz CT molecular complexity index is 331. The lowest BCUT2D eigenvalue weighted by Crippen LogP contribution is -2.25. The fraction of sp³-hybridized carbons (Fsp3) is 0.636. The summed E-state index contributed by atoms with van der Waals surface area (Å²) in [6.07, 6.45) is 2.63. The molecule has 1 N–H and O–H groups in total. The van der Waals surface area contributed by atoms with Crippen molar-refractivity contribution in [2.45, 2.75) is 20.3 Å². The van der Waals surface area contributed by atoms with Gasteiger partial charge >= 0.3 is 0 Å². The van der Waals surface area contributed by atoms with E-state index in [1.54, 1.807) is 19.4 Å². The van der Waals surface area contributed by atoms with E-state index in [2.05, 4.69) is 29.1 Å². The lowest BCUT2D eigenvalue weighted by Gasteiger charge is -2.24. The van der Waals surface area contributed by atoms with Crippen molar-refractivity contribution in [3.63, 3.8) is 0 Å². The van der Waals surface area contributed by atoms with Crippen molar-refractivity contribution in [3.05, 3.63) is 17.5 Å². The number of anilines is 1. The van der Waals surface area contributed by atoms with Crippen LogP contribution in [0, 0.1) is 5.41 Å². The number of methoxy groups -OCH3 is 1. The van der Waals surface area contributed by atoms with E-state index in [1.807, 2.05) is 0 Å². The number of rotatable bonds is 6. The smallest absolute Gasteiger partial charge is 0.224 e. The summed E-state index contributed by atoms with van der Waals surface area (Å²) in [5, 5.41) is 3.51. The van der Waals surface area contributed by atoms with Crippen molar-refractivity contribution < 1.29 is 4.74 Å². The van der Waals surface area contributed by atoms with Crippen LogP contribution in [0.25, 0.3) is 0 Å². The minimum atomic E-state index is 0.160. The summed E-state index contributed by atoms with van der Waals surface area (Å²) in [5.41, 5.74) is 0.160. The third-order valence-corrected chi connectivity index (χ3v) is 2.54. The van der Waals surface area contributed by atoms with E-state index in [-0.39, 0.29) is 10.7 Å². The molecule has 0 atom stereocenters. The SMILES string of the molecule is COCCC(C)(C)CNc1ccnc(Cl)n1. The molecule has 0 radical (unpaired) electrons. The fourth-order valence-electron chi connectivity index (χ4n) is 1.23. The van der Waals surface area contributed by atoms with Gasteiger partial charge in [-0.2, -0.15) is 0 Å². The highest BCUT2D eigenvalue weighted by molar-refractivity contribution is 6.28. The van der Waals surface area contributed by atoms with Crippen molar-refractivity contribution >= 4 is 17.4 Å². The molecule has 1 rings (SSSR count). The predicted octanol–water partition coefficient (Wildman–Crippen LogP) is 2.60. The van der Waals surface area contributed by atoms with Gasteiger partial charge in [-0.25, -0.2) is 9.97 Å². The van der Waals surface area contributed by atoms with E-state index >= 15 is 0 Å². The van der Waals surface area contributed by atoms with Gasteiger partial charge < -0.3 is 10.1 Å². The van der Waals surface area contributed by atoms with E-state index < -0.39 is 0 Å². The van der Waals surface area contributed by atoms with Crippen LogP contribution in [0.5, 0.6) is 0 Å². The molecule has 0 spiro atoms. The summed E-state index contributed by atoms with van der Waals surface area (Å²) in [5.74, 6) is 0.755. The summed E-state index contributed by atoms with van der Waals surface area (Å²) >= 11 is 5.70. The first-order valence-electron chi connectivity index (χ1n) is 5.25. The Labute approximate surface area is 101 Å². The Morgan fingerprint density at radius 2 is 2.25 bits per heavy atom. The van der Waals surface area contributed by atoms with Crippen LogP contribution in [0.4, 0.5) is 5.82 Å². The second kappa shape index (κ2) is 6.01. The maximum absolute atomic E-state index is 5.70. The molecule has 90 valence electrons. The topological polar surface area (TPSA) is 47.0 Å². The molecule has 0 amide bonds. The van der Waals surface area contributed by atoms with Crippen LogP contribution >= 0.6 is 11.6 Å². The summed E-state index contributed by atoms with van der Waals surface area (Å²) in [4.78, 5) is 7.90. The molecule has 16 heavy (non-hydrogen) atoms. The van der Waals surface area contributed by atoms with Crippen LogP contribution in [0.2, 0.25) is 5.28 Å². The van der Waals surface area contributed by atoms with Gasteiger partial charge in [-0.05, 0) is 29.5 Å². The van der Waals surface area contributed by atoms with Gasteiger partial charge in [-0.15, -0.1) is 0 Å². The minimum Gasteiger partial charge on any atom is -0.385 e. The molecule has 0 aliphatic rings. The summed E-state index contributed by atoms with van der Waals surface area (Å²) < 4.78 is 5.07. The van der Waals surface area contributed by atoms with Gasteiger partial charge in [-0.1, -0.05) is 13.8 Å². The number of nitrogens with one attached hydrogen (secondary N) is 1. The number of nitrogens with zero attached hydrogens (tertiary/aromatic N) is 2. The normalized spacial score (nSPS) is 11.5. The van der Waals surface area contributed by atoms with E-state index in [4.69, 9.17) is 16.3 Å². The zero-order chi connectivity index (χ0) is 12.0. The van der Waals surface area contributed by atoms with Gasteiger partial charge in [0.05, 0.1) is 0 Å². The third-order valence-electron chi connectivity index (χ3n) is 2.36. The average molecular weight is 244 g/mol. The number of ether oxygens (including phenoxy) is 1. The molecule has 0 aromatic carbocycles. The lowest BCUT2D eigenvalue weighted by molar-refractivity contribution is 0.157. The Morgan fingerprint density at radius 1 is 1.50 bits per heavy atom. The highest BCUT2D eigenvalue weighted by Crippen LogP contribution is 2.20. The van der Waals surface area contributed by atoms with Crippen LogP contribution in [0.15, 0.2) is 12.3 Å². The van der Waals surface area contributed by atoms with Crippen molar-refractivity contribution in [2.24, 2.45) is 5.41 Å². The van der Waals surface area contributed by atoms with Crippen molar-refractivity contribution in [1.29, 1.82) is 0 Å². The Morgan fingerprint density at radius 3 is 2.88 bits per heavy atom. The fourth-order valence-corrected chi connectivity index (χ4v) is 1.38.